The number of carbonyl (C=O) groups is 4. The van der Waals surface area contributed by atoms with Crippen LogP contribution in [0.5, 0.6) is 0 Å². The van der Waals surface area contributed by atoms with E-state index >= 15 is 0 Å². The van der Waals surface area contributed by atoms with Gasteiger partial charge in [0.15, 0.2) is 11.5 Å². The van der Waals surface area contributed by atoms with Crippen LogP contribution in [0.15, 0.2) is 48.5 Å². The number of benzene rings is 2. The third-order valence-corrected chi connectivity index (χ3v) is 5.76. The first-order valence-corrected chi connectivity index (χ1v) is 11.2. The van der Waals surface area contributed by atoms with Crippen molar-refractivity contribution in [2.75, 3.05) is 19.1 Å². The van der Waals surface area contributed by atoms with Crippen LogP contribution in [0.3, 0.4) is 0 Å². The maximum Gasteiger partial charge on any atom is 0.408 e. The van der Waals surface area contributed by atoms with Gasteiger partial charge in [-0.1, -0.05) is 48.0 Å². The lowest BCUT2D eigenvalue weighted by atomic mass is 9.78. The molecule has 0 spiro atoms. The number of halogens is 1. The standard InChI is InChI=1S/C25H27ClN2O7/c1-24(2,3)35-23(32)27-25(19(20(29)33-4)21(30)34-5)18-16(26)12-9-13-17(18)28(22(25)31)14-15-10-7-6-8-11-15/h6-13,19H,14H2,1-5H3,(H,27,32)/t25-/m0/s1. The van der Waals surface area contributed by atoms with E-state index in [0.29, 0.717) is 5.69 Å². The SMILES string of the molecule is COC(=O)C(C(=O)OC)[C@]1(NC(=O)OC(C)(C)C)C(=O)N(Cc2ccccc2)c2cccc(Cl)c21. The molecule has 0 saturated carbocycles. The molecule has 9 nitrogen and oxygen atoms in total. The van der Waals surface area contributed by atoms with Crippen molar-refractivity contribution in [3.63, 3.8) is 0 Å². The molecule has 0 fully saturated rings. The maximum absolute atomic E-state index is 14.2. The van der Waals surface area contributed by atoms with Gasteiger partial charge < -0.3 is 24.4 Å². The van der Waals surface area contributed by atoms with Crippen LogP contribution in [-0.2, 0) is 40.7 Å². The molecule has 1 aliphatic rings. The average Bonchev–Trinajstić information content (AvgIpc) is 3.02. The van der Waals surface area contributed by atoms with Crippen molar-refractivity contribution in [1.82, 2.24) is 5.32 Å². The molecule has 2 amide bonds. The Bertz CT molecular complexity index is 1130. The second kappa shape index (κ2) is 9.95. The maximum atomic E-state index is 14.2. The van der Waals surface area contributed by atoms with Gasteiger partial charge in [-0.3, -0.25) is 14.4 Å². The summed E-state index contributed by atoms with van der Waals surface area (Å²) in [5.41, 5.74) is -2.07. The second-order valence-corrected chi connectivity index (χ2v) is 9.33. The summed E-state index contributed by atoms with van der Waals surface area (Å²) in [6.45, 7) is 4.99. The summed E-state index contributed by atoms with van der Waals surface area (Å²) in [4.78, 5) is 54.5. The van der Waals surface area contributed by atoms with E-state index in [2.05, 4.69) is 5.32 Å². The zero-order chi connectivity index (χ0) is 26.0. The molecule has 0 saturated heterocycles. The van der Waals surface area contributed by atoms with Gasteiger partial charge in [0.25, 0.3) is 5.91 Å². The molecule has 2 aromatic rings. The predicted molar refractivity (Wildman–Crippen MR) is 128 cm³/mol. The van der Waals surface area contributed by atoms with Gasteiger partial charge in [0.2, 0.25) is 0 Å². The van der Waals surface area contributed by atoms with Gasteiger partial charge in [-0.05, 0) is 38.5 Å². The van der Waals surface area contributed by atoms with Crippen LogP contribution in [0.1, 0.15) is 31.9 Å². The molecule has 0 bridgehead atoms. The van der Waals surface area contributed by atoms with E-state index in [0.717, 1.165) is 19.8 Å². The van der Waals surface area contributed by atoms with Gasteiger partial charge in [0.1, 0.15) is 5.60 Å². The van der Waals surface area contributed by atoms with Crippen LogP contribution in [-0.4, -0.2) is 43.8 Å². The Labute approximate surface area is 208 Å². The van der Waals surface area contributed by atoms with Crippen molar-refractivity contribution in [3.05, 3.63) is 64.7 Å². The van der Waals surface area contributed by atoms with Crippen molar-refractivity contribution < 1.29 is 33.4 Å². The van der Waals surface area contributed by atoms with Crippen LogP contribution in [0.4, 0.5) is 10.5 Å². The molecular weight excluding hydrogens is 476 g/mol. The topological polar surface area (TPSA) is 111 Å². The number of hydrogen-bond acceptors (Lipinski definition) is 7. The number of methoxy groups -OCH3 is 2. The first kappa shape index (κ1) is 26.0. The van der Waals surface area contributed by atoms with Crippen molar-refractivity contribution in [3.8, 4) is 0 Å². The van der Waals surface area contributed by atoms with Crippen molar-refractivity contribution in [2.45, 2.75) is 38.5 Å². The van der Waals surface area contributed by atoms with E-state index in [-0.39, 0.29) is 17.1 Å². The van der Waals surface area contributed by atoms with Gasteiger partial charge in [-0.25, -0.2) is 4.79 Å². The van der Waals surface area contributed by atoms with Gasteiger partial charge in [0, 0.05) is 10.6 Å². The second-order valence-electron chi connectivity index (χ2n) is 8.93. The van der Waals surface area contributed by atoms with Crippen LogP contribution < -0.4 is 10.2 Å². The van der Waals surface area contributed by atoms with E-state index in [1.807, 2.05) is 30.3 Å². The van der Waals surface area contributed by atoms with Crippen LogP contribution in [0.25, 0.3) is 0 Å². The number of anilines is 1. The lowest BCUT2D eigenvalue weighted by molar-refractivity contribution is -0.165. The number of rotatable bonds is 6. The fourth-order valence-electron chi connectivity index (χ4n) is 4.09. The van der Waals surface area contributed by atoms with E-state index in [9.17, 15) is 19.2 Å². The number of fused-ring (bicyclic) bond motifs is 1. The number of nitrogens with one attached hydrogen (secondary N) is 1. The highest BCUT2D eigenvalue weighted by Crippen LogP contribution is 2.49. The van der Waals surface area contributed by atoms with E-state index in [1.165, 1.54) is 11.0 Å². The van der Waals surface area contributed by atoms with Crippen LogP contribution >= 0.6 is 11.6 Å². The van der Waals surface area contributed by atoms with Crippen molar-refractivity contribution >= 4 is 41.2 Å². The Kier molecular flexibility index (Phi) is 7.40. The third-order valence-electron chi connectivity index (χ3n) is 5.45. The number of ether oxygens (including phenoxy) is 3. The predicted octanol–water partition coefficient (Wildman–Crippen LogP) is 3.57. The van der Waals surface area contributed by atoms with Gasteiger partial charge >= 0.3 is 18.0 Å². The average molecular weight is 503 g/mol. The highest BCUT2D eigenvalue weighted by atomic mass is 35.5. The molecule has 1 heterocycles. The third kappa shape index (κ3) is 4.95. The molecule has 1 aliphatic heterocycles. The Balaban J connectivity index is 2.28. The van der Waals surface area contributed by atoms with Crippen molar-refractivity contribution in [1.29, 1.82) is 0 Å². The first-order valence-electron chi connectivity index (χ1n) is 10.8. The van der Waals surface area contributed by atoms with Gasteiger partial charge in [-0.15, -0.1) is 0 Å². The highest BCUT2D eigenvalue weighted by Gasteiger charge is 2.64. The van der Waals surface area contributed by atoms with E-state index < -0.39 is 41.0 Å². The molecule has 0 aromatic heterocycles. The molecule has 0 radical (unpaired) electrons. The number of hydrogen-bond donors (Lipinski definition) is 1. The molecule has 0 unspecified atom stereocenters. The molecule has 1 atom stereocenters. The number of nitrogens with zero attached hydrogens (tertiary/aromatic N) is 1. The minimum Gasteiger partial charge on any atom is -0.468 e. The fourth-order valence-corrected chi connectivity index (χ4v) is 4.40. The monoisotopic (exact) mass is 502 g/mol. The number of carbonyl (C=O) groups excluding carboxylic acids is 4. The number of alkyl carbamates (subject to hydrolysis) is 1. The summed E-state index contributed by atoms with van der Waals surface area (Å²) >= 11 is 6.57. The largest absolute Gasteiger partial charge is 0.468 e. The number of amides is 2. The zero-order valence-electron chi connectivity index (χ0n) is 20.1. The molecule has 3 rings (SSSR count). The minimum absolute atomic E-state index is 0.0558. The quantitative estimate of drug-likeness (QED) is 0.365. The smallest absolute Gasteiger partial charge is 0.408 e. The summed E-state index contributed by atoms with van der Waals surface area (Å²) in [6, 6.07) is 13.8. The normalized spacial score (nSPS) is 17.1. The summed E-state index contributed by atoms with van der Waals surface area (Å²) in [5.74, 6) is -4.85. The molecule has 35 heavy (non-hydrogen) atoms. The summed E-state index contributed by atoms with van der Waals surface area (Å²) in [7, 11) is 2.13. The van der Waals surface area contributed by atoms with E-state index in [1.54, 1.807) is 32.9 Å². The zero-order valence-corrected chi connectivity index (χ0v) is 20.8. The lowest BCUT2D eigenvalue weighted by Crippen LogP contribution is -2.62. The first-order chi connectivity index (χ1) is 16.5. The Morgan fingerprint density at radius 1 is 1.00 bits per heavy atom. The summed E-state index contributed by atoms with van der Waals surface area (Å²) in [5, 5.41) is 2.56. The van der Waals surface area contributed by atoms with Crippen molar-refractivity contribution in [2.24, 2.45) is 5.92 Å². The Morgan fingerprint density at radius 2 is 1.60 bits per heavy atom. The summed E-state index contributed by atoms with van der Waals surface area (Å²) in [6.07, 6.45) is -1.03. The minimum atomic E-state index is -2.29. The Hall–Kier alpha value is -3.59. The molecular formula is C25H27ClN2O7. The molecule has 1 N–H and O–H groups in total. The lowest BCUT2D eigenvalue weighted by Gasteiger charge is -2.35. The fraction of sp³-hybridized carbons (Fsp3) is 0.360. The van der Waals surface area contributed by atoms with E-state index in [4.69, 9.17) is 25.8 Å². The molecule has 186 valence electrons. The van der Waals surface area contributed by atoms with Crippen LogP contribution in [0, 0.1) is 5.92 Å². The van der Waals surface area contributed by atoms with Gasteiger partial charge in [-0.2, -0.15) is 0 Å². The molecule has 2 aromatic carbocycles. The number of esters is 2. The molecule has 0 aliphatic carbocycles. The van der Waals surface area contributed by atoms with Gasteiger partial charge in [0.05, 0.1) is 26.5 Å². The Morgan fingerprint density at radius 3 is 2.14 bits per heavy atom. The molecule has 10 heteroatoms. The summed E-state index contributed by atoms with van der Waals surface area (Å²) < 4.78 is 15.1. The van der Waals surface area contributed by atoms with Crippen LogP contribution in [0.2, 0.25) is 5.02 Å². The highest BCUT2D eigenvalue weighted by molar-refractivity contribution is 6.33.